The summed E-state index contributed by atoms with van der Waals surface area (Å²) in [5.74, 6) is 8.85. The van der Waals surface area contributed by atoms with E-state index in [4.69, 9.17) is 10.6 Å². The zero-order valence-electron chi connectivity index (χ0n) is 11.5. The third-order valence-corrected chi connectivity index (χ3v) is 4.65. The molecule has 0 spiro atoms. The number of rotatable bonds is 3. The highest BCUT2D eigenvalue weighted by atomic mass is 16.5. The van der Waals surface area contributed by atoms with Crippen LogP contribution in [0.1, 0.15) is 46.5 Å². The van der Waals surface area contributed by atoms with Crippen LogP contribution in [0.3, 0.4) is 0 Å². The van der Waals surface area contributed by atoms with Crippen LogP contribution in [0.15, 0.2) is 0 Å². The largest absolute Gasteiger partial charge is 0.378 e. The first-order valence-corrected chi connectivity index (χ1v) is 7.17. The van der Waals surface area contributed by atoms with E-state index in [0.29, 0.717) is 18.1 Å². The van der Waals surface area contributed by atoms with Gasteiger partial charge in [0.1, 0.15) is 0 Å². The summed E-state index contributed by atoms with van der Waals surface area (Å²) in [5.41, 5.74) is 3.10. The molecule has 2 aliphatic rings. The van der Waals surface area contributed by atoms with Crippen LogP contribution in [0.2, 0.25) is 0 Å². The van der Waals surface area contributed by atoms with Gasteiger partial charge in [0.25, 0.3) is 0 Å². The van der Waals surface area contributed by atoms with Gasteiger partial charge in [0.2, 0.25) is 0 Å². The first-order valence-electron chi connectivity index (χ1n) is 7.17. The Kier molecular flexibility index (Phi) is 4.45. The molecular formula is C14H28N2O. The van der Waals surface area contributed by atoms with Crippen molar-refractivity contribution in [3.63, 3.8) is 0 Å². The minimum Gasteiger partial charge on any atom is -0.378 e. The van der Waals surface area contributed by atoms with Crippen LogP contribution in [0.4, 0.5) is 0 Å². The zero-order valence-corrected chi connectivity index (χ0v) is 11.5. The molecule has 0 radical (unpaired) electrons. The number of nitrogens with two attached hydrogens (primary N) is 1. The summed E-state index contributed by atoms with van der Waals surface area (Å²) in [6.45, 7) is 7.81. The normalized spacial score (nSPS) is 44.8. The van der Waals surface area contributed by atoms with Crippen LogP contribution in [-0.2, 0) is 4.74 Å². The summed E-state index contributed by atoms with van der Waals surface area (Å²) in [7, 11) is 0. The Morgan fingerprint density at radius 2 is 1.65 bits per heavy atom. The number of hydrogen-bond donors (Lipinski definition) is 2. The van der Waals surface area contributed by atoms with E-state index in [0.717, 1.165) is 30.8 Å². The maximum atomic E-state index is 5.81. The zero-order chi connectivity index (χ0) is 12.4. The van der Waals surface area contributed by atoms with Crippen molar-refractivity contribution in [2.24, 2.45) is 29.5 Å². The van der Waals surface area contributed by atoms with Gasteiger partial charge >= 0.3 is 0 Å². The van der Waals surface area contributed by atoms with E-state index in [-0.39, 0.29) is 0 Å². The minimum absolute atomic E-state index is 0.411. The lowest BCUT2D eigenvalue weighted by atomic mass is 9.71. The summed E-state index contributed by atoms with van der Waals surface area (Å²) in [4.78, 5) is 0. The Bertz CT molecular complexity index is 236. The molecule has 1 saturated carbocycles. The lowest BCUT2D eigenvalue weighted by Gasteiger charge is -2.38. The highest BCUT2D eigenvalue weighted by Crippen LogP contribution is 2.38. The molecule has 1 aliphatic heterocycles. The summed E-state index contributed by atoms with van der Waals surface area (Å²) in [5, 5.41) is 0. The number of hydrogen-bond acceptors (Lipinski definition) is 3. The molecule has 0 bridgehead atoms. The second-order valence-corrected chi connectivity index (χ2v) is 6.51. The molecule has 5 atom stereocenters. The number of ether oxygens (including phenoxy) is 1. The summed E-state index contributed by atoms with van der Waals surface area (Å²) < 4.78 is 5.70. The van der Waals surface area contributed by atoms with Gasteiger partial charge in [0, 0.05) is 12.0 Å². The van der Waals surface area contributed by atoms with Gasteiger partial charge in [0.05, 0.1) is 12.7 Å². The molecule has 3 heteroatoms. The van der Waals surface area contributed by atoms with Crippen LogP contribution < -0.4 is 11.3 Å². The molecule has 17 heavy (non-hydrogen) atoms. The van der Waals surface area contributed by atoms with Crippen LogP contribution in [0.25, 0.3) is 0 Å². The molecule has 2 rings (SSSR count). The van der Waals surface area contributed by atoms with E-state index in [1.807, 2.05) is 0 Å². The Hall–Kier alpha value is -0.120. The van der Waals surface area contributed by atoms with E-state index in [1.54, 1.807) is 0 Å². The van der Waals surface area contributed by atoms with Crippen molar-refractivity contribution in [3.05, 3.63) is 0 Å². The van der Waals surface area contributed by atoms with Crippen LogP contribution >= 0.6 is 0 Å². The van der Waals surface area contributed by atoms with Gasteiger partial charge in [-0.25, -0.2) is 0 Å². The topological polar surface area (TPSA) is 47.3 Å². The van der Waals surface area contributed by atoms with Crippen molar-refractivity contribution in [2.75, 3.05) is 6.61 Å². The van der Waals surface area contributed by atoms with Crippen LogP contribution in [0.5, 0.6) is 0 Å². The van der Waals surface area contributed by atoms with E-state index < -0.39 is 0 Å². The second-order valence-electron chi connectivity index (χ2n) is 6.51. The maximum Gasteiger partial charge on any atom is 0.0551 e. The van der Waals surface area contributed by atoms with E-state index in [9.17, 15) is 0 Å². The third-order valence-electron chi connectivity index (χ3n) is 4.65. The monoisotopic (exact) mass is 240 g/mol. The predicted octanol–water partition coefficient (Wildman–Crippen LogP) is 2.32. The van der Waals surface area contributed by atoms with Gasteiger partial charge in [-0.3, -0.25) is 11.3 Å². The molecule has 5 unspecified atom stereocenters. The van der Waals surface area contributed by atoms with Crippen molar-refractivity contribution >= 4 is 0 Å². The summed E-state index contributed by atoms with van der Waals surface area (Å²) in [6, 6.07) is 0.449. The van der Waals surface area contributed by atoms with Crippen molar-refractivity contribution in [1.29, 1.82) is 0 Å². The SMILES string of the molecule is CC1CC(C)CC(C(NN)C2COC(C)C2)C1. The average molecular weight is 240 g/mol. The number of hydrazine groups is 1. The Morgan fingerprint density at radius 1 is 1.00 bits per heavy atom. The fourth-order valence-electron chi connectivity index (χ4n) is 4.06. The highest BCUT2D eigenvalue weighted by molar-refractivity contribution is 4.89. The van der Waals surface area contributed by atoms with Gasteiger partial charge in [-0.2, -0.15) is 0 Å². The Morgan fingerprint density at radius 3 is 2.12 bits per heavy atom. The highest BCUT2D eigenvalue weighted by Gasteiger charge is 2.37. The van der Waals surface area contributed by atoms with Crippen molar-refractivity contribution in [3.8, 4) is 0 Å². The first kappa shape index (κ1) is 13.3. The molecule has 2 fully saturated rings. The minimum atomic E-state index is 0.411. The van der Waals surface area contributed by atoms with Crippen molar-refractivity contribution < 1.29 is 4.74 Å². The molecule has 1 heterocycles. The van der Waals surface area contributed by atoms with Gasteiger partial charge in [-0.1, -0.05) is 13.8 Å². The van der Waals surface area contributed by atoms with Gasteiger partial charge < -0.3 is 4.74 Å². The first-order chi connectivity index (χ1) is 8.10. The fraction of sp³-hybridized carbons (Fsp3) is 1.00. The molecule has 0 amide bonds. The lowest BCUT2D eigenvalue weighted by molar-refractivity contribution is 0.102. The van der Waals surface area contributed by atoms with Crippen molar-refractivity contribution in [2.45, 2.75) is 58.6 Å². The van der Waals surface area contributed by atoms with E-state index in [2.05, 4.69) is 26.2 Å². The molecule has 1 saturated heterocycles. The third kappa shape index (κ3) is 3.21. The standard InChI is InChI=1S/C14H28N2O/c1-9-4-10(2)6-12(5-9)14(16-15)13-7-11(3)17-8-13/h9-14,16H,4-8,15H2,1-3H3. The summed E-state index contributed by atoms with van der Waals surface area (Å²) in [6.07, 6.45) is 5.60. The molecular weight excluding hydrogens is 212 g/mol. The lowest BCUT2D eigenvalue weighted by Crippen LogP contribution is -2.48. The maximum absolute atomic E-state index is 5.81. The number of nitrogens with one attached hydrogen (secondary N) is 1. The molecule has 0 aromatic rings. The molecule has 0 aromatic carbocycles. The Labute approximate surface area is 105 Å². The van der Waals surface area contributed by atoms with E-state index in [1.165, 1.54) is 19.3 Å². The molecule has 0 aromatic heterocycles. The second kappa shape index (κ2) is 5.68. The van der Waals surface area contributed by atoms with Crippen LogP contribution in [0, 0.1) is 23.7 Å². The predicted molar refractivity (Wildman–Crippen MR) is 70.3 cm³/mol. The molecule has 1 aliphatic carbocycles. The molecule has 3 N–H and O–H groups in total. The van der Waals surface area contributed by atoms with Gasteiger partial charge in [0.15, 0.2) is 0 Å². The molecule has 3 nitrogen and oxygen atoms in total. The van der Waals surface area contributed by atoms with Crippen molar-refractivity contribution in [1.82, 2.24) is 5.43 Å². The quantitative estimate of drug-likeness (QED) is 0.588. The van der Waals surface area contributed by atoms with Gasteiger partial charge in [-0.05, 0) is 50.4 Å². The van der Waals surface area contributed by atoms with Gasteiger partial charge in [-0.15, -0.1) is 0 Å². The average Bonchev–Trinajstić information content (AvgIpc) is 2.64. The smallest absolute Gasteiger partial charge is 0.0551 e. The molecule has 100 valence electrons. The van der Waals surface area contributed by atoms with Crippen LogP contribution in [-0.4, -0.2) is 18.8 Å². The van der Waals surface area contributed by atoms with E-state index >= 15 is 0 Å². The summed E-state index contributed by atoms with van der Waals surface area (Å²) >= 11 is 0. The fourth-order valence-corrected chi connectivity index (χ4v) is 4.06. The Balaban J connectivity index is 1.97.